The first kappa shape index (κ1) is 13.3. The first-order chi connectivity index (χ1) is 9.83. The van der Waals surface area contributed by atoms with Gasteiger partial charge in [0.25, 0.3) is 0 Å². The highest BCUT2D eigenvalue weighted by molar-refractivity contribution is 6.04. The van der Waals surface area contributed by atoms with Gasteiger partial charge < -0.3 is 0 Å². The average molecular weight is 270 g/mol. The van der Waals surface area contributed by atoms with Crippen LogP contribution in [0.5, 0.6) is 0 Å². The third-order valence-electron chi connectivity index (χ3n) is 4.17. The molecule has 0 atom stereocenters. The van der Waals surface area contributed by atoms with Crippen molar-refractivity contribution in [2.24, 2.45) is 5.10 Å². The van der Waals surface area contributed by atoms with E-state index in [1.807, 2.05) is 0 Å². The Hall–Kier alpha value is -1.64. The van der Waals surface area contributed by atoms with E-state index in [2.05, 4.69) is 29.3 Å². The molecule has 1 aliphatic carbocycles. The number of rotatable bonds is 1. The number of carbonyl (C=O) groups excluding carboxylic acids is 1. The number of fused-ring (bicyclic) bond motifs is 1. The van der Waals surface area contributed by atoms with Gasteiger partial charge in [0.05, 0.1) is 5.69 Å². The van der Waals surface area contributed by atoms with Crippen molar-refractivity contribution in [1.82, 2.24) is 0 Å². The summed E-state index contributed by atoms with van der Waals surface area (Å²) in [6, 6.07) is 8.56. The van der Waals surface area contributed by atoms with Crippen LogP contribution in [-0.2, 0) is 11.2 Å². The molecule has 3 nitrogen and oxygen atoms in total. The van der Waals surface area contributed by atoms with Gasteiger partial charge in [0.1, 0.15) is 5.78 Å². The highest BCUT2D eigenvalue weighted by Gasteiger charge is 2.18. The molecule has 0 N–H and O–H groups in total. The fraction of sp³-hybridized carbons (Fsp3) is 0.529. The third-order valence-corrected chi connectivity index (χ3v) is 4.17. The second-order valence-electron chi connectivity index (χ2n) is 5.80. The second kappa shape index (κ2) is 6.21. The fourth-order valence-electron chi connectivity index (χ4n) is 3.10. The van der Waals surface area contributed by atoms with E-state index in [-0.39, 0.29) is 0 Å². The zero-order valence-corrected chi connectivity index (χ0v) is 12.0. The van der Waals surface area contributed by atoms with Gasteiger partial charge in [-0.2, -0.15) is 5.10 Å². The highest BCUT2D eigenvalue weighted by Crippen LogP contribution is 2.26. The van der Waals surface area contributed by atoms with Crippen LogP contribution >= 0.6 is 0 Å². The molecule has 3 heteroatoms. The number of benzene rings is 1. The highest BCUT2D eigenvalue weighted by atomic mass is 16.1. The van der Waals surface area contributed by atoms with Crippen molar-refractivity contribution < 1.29 is 4.79 Å². The number of ketones is 1. The monoisotopic (exact) mass is 270 g/mol. The molecule has 0 bridgehead atoms. The Morgan fingerprint density at radius 2 is 1.85 bits per heavy atom. The van der Waals surface area contributed by atoms with Crippen LogP contribution in [-0.4, -0.2) is 18.0 Å². The third kappa shape index (κ3) is 3.09. The lowest BCUT2D eigenvalue weighted by atomic mass is 9.97. The molecule has 1 heterocycles. The van der Waals surface area contributed by atoms with Crippen molar-refractivity contribution in [2.45, 2.75) is 51.4 Å². The summed E-state index contributed by atoms with van der Waals surface area (Å²) in [5, 5.41) is 6.96. The van der Waals surface area contributed by atoms with Gasteiger partial charge in [-0.25, -0.2) is 0 Å². The normalized spacial score (nSPS) is 22.3. The van der Waals surface area contributed by atoms with Gasteiger partial charge in [-0.05, 0) is 43.7 Å². The lowest BCUT2D eigenvalue weighted by Crippen LogP contribution is -2.25. The van der Waals surface area contributed by atoms with Crippen LogP contribution < -0.4 is 5.01 Å². The van der Waals surface area contributed by atoms with Crippen LogP contribution in [0.1, 0.15) is 50.5 Å². The topological polar surface area (TPSA) is 32.7 Å². The number of para-hydroxylation sites is 1. The number of hydrogen-bond donors (Lipinski definition) is 0. The largest absolute Gasteiger partial charge is 0.299 e. The second-order valence-corrected chi connectivity index (χ2v) is 5.80. The summed E-state index contributed by atoms with van der Waals surface area (Å²) in [6.07, 6.45) is 8.07. The zero-order chi connectivity index (χ0) is 13.8. The molecule has 20 heavy (non-hydrogen) atoms. The molecule has 106 valence electrons. The van der Waals surface area contributed by atoms with Crippen LogP contribution in [0.25, 0.3) is 0 Å². The molecule has 1 fully saturated rings. The van der Waals surface area contributed by atoms with Crippen molar-refractivity contribution in [2.75, 3.05) is 11.6 Å². The van der Waals surface area contributed by atoms with Gasteiger partial charge in [-0.15, -0.1) is 0 Å². The van der Waals surface area contributed by atoms with Crippen LogP contribution in [0.3, 0.4) is 0 Å². The maximum atomic E-state index is 11.6. The average Bonchev–Trinajstić information content (AvgIpc) is 2.44. The van der Waals surface area contributed by atoms with Crippen LogP contribution in [0.4, 0.5) is 5.69 Å². The van der Waals surface area contributed by atoms with Crippen molar-refractivity contribution in [3.8, 4) is 0 Å². The molecule has 0 spiro atoms. The van der Waals surface area contributed by atoms with E-state index in [0.717, 1.165) is 37.9 Å². The van der Waals surface area contributed by atoms with E-state index in [9.17, 15) is 4.79 Å². The number of aryl methyl sites for hydroxylation is 1. The summed E-state index contributed by atoms with van der Waals surface area (Å²) < 4.78 is 0. The number of carbonyl (C=O) groups is 1. The van der Waals surface area contributed by atoms with Crippen LogP contribution in [0, 0.1) is 0 Å². The molecule has 3 rings (SSSR count). The van der Waals surface area contributed by atoms with Crippen molar-refractivity contribution in [1.29, 1.82) is 0 Å². The van der Waals surface area contributed by atoms with Crippen molar-refractivity contribution in [3.63, 3.8) is 0 Å². The number of Topliss-reactive ketones (excluding diaryl/α,β-unsaturated/α-hetero) is 1. The molecule has 1 aromatic rings. The number of nitrogens with zero attached hydrogens (tertiary/aromatic N) is 2. The lowest BCUT2D eigenvalue weighted by molar-refractivity contribution is -0.118. The maximum absolute atomic E-state index is 11.6. The van der Waals surface area contributed by atoms with Crippen molar-refractivity contribution in [3.05, 3.63) is 29.8 Å². The van der Waals surface area contributed by atoms with Crippen LogP contribution in [0.2, 0.25) is 0 Å². The van der Waals surface area contributed by atoms with E-state index in [1.54, 1.807) is 0 Å². The van der Waals surface area contributed by atoms with Crippen molar-refractivity contribution >= 4 is 17.2 Å². The standard InChI is InChI=1S/C17H22N2O/c20-16-10-6-9-15(13-16)18-19-12-5-1-2-7-14-8-3-4-11-17(14)19/h3-4,8,11H,1-2,5-7,9-10,12-13H2/b18-15+. The Kier molecular flexibility index (Phi) is 4.14. The molecular weight excluding hydrogens is 248 g/mol. The van der Waals surface area contributed by atoms with Crippen LogP contribution in [0.15, 0.2) is 29.4 Å². The molecule has 0 unspecified atom stereocenters. The van der Waals surface area contributed by atoms with Gasteiger partial charge in [0.2, 0.25) is 0 Å². The molecule has 1 aliphatic heterocycles. The molecule has 0 saturated heterocycles. The molecule has 0 radical (unpaired) electrons. The summed E-state index contributed by atoms with van der Waals surface area (Å²) in [6.45, 7) is 0.967. The number of hydrogen-bond acceptors (Lipinski definition) is 3. The SMILES string of the molecule is O=C1CCC/C(=N\N2CCCCCc3ccccc32)C1. The Morgan fingerprint density at radius 1 is 0.950 bits per heavy atom. The maximum Gasteiger partial charge on any atom is 0.138 e. The lowest BCUT2D eigenvalue weighted by Gasteiger charge is -2.26. The van der Waals surface area contributed by atoms with Gasteiger partial charge in [0.15, 0.2) is 0 Å². The predicted molar refractivity (Wildman–Crippen MR) is 82.3 cm³/mol. The number of anilines is 1. The van der Waals surface area contributed by atoms with E-state index < -0.39 is 0 Å². The molecule has 1 aromatic carbocycles. The Balaban J connectivity index is 1.88. The molecular formula is C17H22N2O. The van der Waals surface area contributed by atoms with Gasteiger partial charge in [0, 0.05) is 25.1 Å². The fourth-order valence-corrected chi connectivity index (χ4v) is 3.10. The summed E-state index contributed by atoms with van der Waals surface area (Å²) in [4.78, 5) is 11.6. The molecule has 0 amide bonds. The predicted octanol–water partition coefficient (Wildman–Crippen LogP) is 3.72. The van der Waals surface area contributed by atoms with Gasteiger partial charge in [-0.1, -0.05) is 24.6 Å². The summed E-state index contributed by atoms with van der Waals surface area (Å²) in [5.41, 5.74) is 3.69. The smallest absolute Gasteiger partial charge is 0.138 e. The first-order valence-corrected chi connectivity index (χ1v) is 7.76. The van der Waals surface area contributed by atoms with E-state index in [0.29, 0.717) is 12.2 Å². The Morgan fingerprint density at radius 3 is 2.75 bits per heavy atom. The summed E-state index contributed by atoms with van der Waals surface area (Å²) in [5.74, 6) is 0.343. The van der Waals surface area contributed by atoms with Gasteiger partial charge in [-0.3, -0.25) is 9.80 Å². The Bertz CT molecular complexity index is 521. The minimum atomic E-state index is 0.343. The summed E-state index contributed by atoms with van der Waals surface area (Å²) in [7, 11) is 0. The summed E-state index contributed by atoms with van der Waals surface area (Å²) >= 11 is 0. The zero-order valence-electron chi connectivity index (χ0n) is 12.0. The number of hydrazone groups is 1. The van der Waals surface area contributed by atoms with E-state index >= 15 is 0 Å². The molecule has 2 aliphatic rings. The van der Waals surface area contributed by atoms with Gasteiger partial charge >= 0.3 is 0 Å². The first-order valence-electron chi connectivity index (χ1n) is 7.76. The molecule has 1 saturated carbocycles. The quantitative estimate of drug-likeness (QED) is 0.779. The minimum Gasteiger partial charge on any atom is -0.299 e. The minimum absolute atomic E-state index is 0.343. The molecule has 0 aromatic heterocycles. The Labute approximate surface area is 120 Å². The van der Waals surface area contributed by atoms with E-state index in [4.69, 9.17) is 5.10 Å². The van der Waals surface area contributed by atoms with E-state index in [1.165, 1.54) is 30.5 Å².